The number of rotatable bonds is 3. The fraction of sp³-hybridized carbons (Fsp3) is 0.647. The molecule has 1 aromatic carbocycles. The number of anilines is 1. The summed E-state index contributed by atoms with van der Waals surface area (Å²) in [6, 6.07) is 4.53. The highest BCUT2D eigenvalue weighted by Gasteiger charge is 2.45. The van der Waals surface area contributed by atoms with Crippen molar-refractivity contribution in [3.63, 3.8) is 0 Å². The topological polar surface area (TPSA) is 30.5 Å². The van der Waals surface area contributed by atoms with Crippen LogP contribution in [0.4, 0.5) is 5.69 Å². The van der Waals surface area contributed by atoms with Crippen molar-refractivity contribution < 1.29 is 9.47 Å². The summed E-state index contributed by atoms with van der Waals surface area (Å²) in [5.41, 5.74) is 3.20. The highest BCUT2D eigenvalue weighted by molar-refractivity contribution is 5.60. The van der Waals surface area contributed by atoms with E-state index in [0.717, 1.165) is 29.0 Å². The molecule has 0 aliphatic carbocycles. The largest absolute Gasteiger partial charge is 0.496 e. The summed E-state index contributed by atoms with van der Waals surface area (Å²) in [4.78, 5) is 0. The van der Waals surface area contributed by atoms with Crippen LogP contribution in [0.1, 0.15) is 45.2 Å². The van der Waals surface area contributed by atoms with E-state index in [1.807, 2.05) is 0 Å². The molecular weight excluding hydrogens is 250 g/mol. The van der Waals surface area contributed by atoms with Gasteiger partial charge in [0.25, 0.3) is 0 Å². The number of hydrogen-bond acceptors (Lipinski definition) is 3. The normalized spacial score (nSPS) is 23.6. The van der Waals surface area contributed by atoms with Crippen molar-refractivity contribution in [2.24, 2.45) is 0 Å². The van der Waals surface area contributed by atoms with E-state index in [1.165, 1.54) is 0 Å². The van der Waals surface area contributed by atoms with E-state index in [9.17, 15) is 0 Å². The summed E-state index contributed by atoms with van der Waals surface area (Å²) in [6.07, 6.45) is 0.996. The summed E-state index contributed by atoms with van der Waals surface area (Å²) in [6.45, 7) is 12.8. The zero-order chi connectivity index (χ0) is 15.1. The molecule has 1 aliphatic rings. The van der Waals surface area contributed by atoms with Crippen LogP contribution in [0.2, 0.25) is 0 Å². The van der Waals surface area contributed by atoms with E-state index < -0.39 is 0 Å². The Kier molecular flexibility index (Phi) is 3.76. The Balaban J connectivity index is 2.27. The standard InChI is InChI=1S/C17H27NO2/c1-11-8-9-13(12(2)15(11)19-7)18-14-10-16(3,4)20-17(14,5)6/h8-9,14,18H,10H2,1-7H3. The molecule has 0 saturated carbocycles. The Morgan fingerprint density at radius 2 is 1.85 bits per heavy atom. The Morgan fingerprint density at radius 1 is 1.20 bits per heavy atom. The second kappa shape index (κ2) is 4.96. The van der Waals surface area contributed by atoms with E-state index in [-0.39, 0.29) is 11.2 Å². The molecule has 2 rings (SSSR count). The second-order valence-electron chi connectivity index (χ2n) is 6.95. The smallest absolute Gasteiger partial charge is 0.126 e. The molecule has 0 spiro atoms. The van der Waals surface area contributed by atoms with Gasteiger partial charge >= 0.3 is 0 Å². The lowest BCUT2D eigenvalue weighted by molar-refractivity contribution is -0.0662. The second-order valence-corrected chi connectivity index (χ2v) is 6.95. The van der Waals surface area contributed by atoms with Crippen molar-refractivity contribution in [1.29, 1.82) is 0 Å². The third-order valence-corrected chi connectivity index (χ3v) is 4.21. The fourth-order valence-corrected chi connectivity index (χ4v) is 3.27. The van der Waals surface area contributed by atoms with Gasteiger partial charge in [-0.3, -0.25) is 0 Å². The van der Waals surface area contributed by atoms with Crippen LogP contribution in [0.5, 0.6) is 5.75 Å². The Bertz CT molecular complexity index is 506. The Hall–Kier alpha value is -1.22. The molecule has 1 aliphatic heterocycles. The van der Waals surface area contributed by atoms with Crippen LogP contribution >= 0.6 is 0 Å². The maximum Gasteiger partial charge on any atom is 0.126 e. The SMILES string of the molecule is COc1c(C)ccc(NC2CC(C)(C)OC2(C)C)c1C. The van der Waals surface area contributed by atoms with Crippen LogP contribution in [0.25, 0.3) is 0 Å². The number of hydrogen-bond donors (Lipinski definition) is 1. The number of ether oxygens (including phenoxy) is 2. The van der Waals surface area contributed by atoms with Crippen molar-refractivity contribution in [3.05, 3.63) is 23.3 Å². The maximum absolute atomic E-state index is 6.15. The first-order valence-electron chi connectivity index (χ1n) is 7.27. The van der Waals surface area contributed by atoms with Crippen molar-refractivity contribution in [2.45, 2.75) is 65.2 Å². The van der Waals surface area contributed by atoms with E-state index in [0.29, 0.717) is 6.04 Å². The zero-order valence-electron chi connectivity index (χ0n) is 13.8. The van der Waals surface area contributed by atoms with Gasteiger partial charge in [0.1, 0.15) is 5.75 Å². The van der Waals surface area contributed by atoms with Gasteiger partial charge in [0.15, 0.2) is 0 Å². The average molecular weight is 277 g/mol. The summed E-state index contributed by atoms with van der Waals surface area (Å²) < 4.78 is 11.6. The minimum Gasteiger partial charge on any atom is -0.496 e. The third-order valence-electron chi connectivity index (χ3n) is 4.21. The van der Waals surface area contributed by atoms with Crippen LogP contribution in [0.15, 0.2) is 12.1 Å². The molecule has 1 heterocycles. The zero-order valence-corrected chi connectivity index (χ0v) is 13.8. The fourth-order valence-electron chi connectivity index (χ4n) is 3.27. The first kappa shape index (κ1) is 15.2. The Morgan fingerprint density at radius 3 is 2.35 bits per heavy atom. The highest BCUT2D eigenvalue weighted by Crippen LogP contribution is 2.40. The molecule has 20 heavy (non-hydrogen) atoms. The van der Waals surface area contributed by atoms with Gasteiger partial charge in [0.2, 0.25) is 0 Å². The van der Waals surface area contributed by atoms with E-state index >= 15 is 0 Å². The van der Waals surface area contributed by atoms with Gasteiger partial charge in [-0.05, 0) is 59.6 Å². The lowest BCUT2D eigenvalue weighted by Crippen LogP contribution is -2.38. The van der Waals surface area contributed by atoms with Crippen molar-refractivity contribution in [2.75, 3.05) is 12.4 Å². The van der Waals surface area contributed by atoms with Crippen molar-refractivity contribution in [3.8, 4) is 5.75 Å². The number of methoxy groups -OCH3 is 1. The van der Waals surface area contributed by atoms with Gasteiger partial charge in [-0.15, -0.1) is 0 Å². The number of aryl methyl sites for hydroxylation is 1. The lowest BCUT2D eigenvalue weighted by Gasteiger charge is -2.29. The third kappa shape index (κ3) is 2.78. The molecular formula is C17H27NO2. The van der Waals surface area contributed by atoms with Crippen LogP contribution in [-0.4, -0.2) is 24.4 Å². The van der Waals surface area contributed by atoms with Gasteiger partial charge in [0.05, 0.1) is 24.4 Å². The van der Waals surface area contributed by atoms with Crippen molar-refractivity contribution in [1.82, 2.24) is 0 Å². The van der Waals surface area contributed by atoms with Gasteiger partial charge in [-0.25, -0.2) is 0 Å². The molecule has 0 radical (unpaired) electrons. The molecule has 1 saturated heterocycles. The van der Waals surface area contributed by atoms with E-state index in [4.69, 9.17) is 9.47 Å². The van der Waals surface area contributed by atoms with Crippen LogP contribution < -0.4 is 10.1 Å². The van der Waals surface area contributed by atoms with Gasteiger partial charge in [-0.1, -0.05) is 6.07 Å². The van der Waals surface area contributed by atoms with Crippen LogP contribution in [0, 0.1) is 13.8 Å². The molecule has 1 fully saturated rings. The molecule has 1 unspecified atom stereocenters. The maximum atomic E-state index is 6.15. The summed E-state index contributed by atoms with van der Waals surface area (Å²) in [5, 5.41) is 3.65. The molecule has 0 aromatic heterocycles. The highest BCUT2D eigenvalue weighted by atomic mass is 16.5. The molecule has 112 valence electrons. The molecule has 1 atom stereocenters. The Labute approximate surface area is 122 Å². The molecule has 3 heteroatoms. The number of benzene rings is 1. The molecule has 1 N–H and O–H groups in total. The summed E-state index contributed by atoms with van der Waals surface area (Å²) in [5.74, 6) is 0.964. The van der Waals surface area contributed by atoms with Gasteiger partial charge < -0.3 is 14.8 Å². The van der Waals surface area contributed by atoms with E-state index in [2.05, 4.69) is 59.0 Å². The molecule has 0 amide bonds. The minimum absolute atomic E-state index is 0.0795. The summed E-state index contributed by atoms with van der Waals surface area (Å²) in [7, 11) is 1.73. The molecule has 1 aromatic rings. The van der Waals surface area contributed by atoms with Crippen molar-refractivity contribution >= 4 is 5.69 Å². The predicted octanol–water partition coefficient (Wildman–Crippen LogP) is 4.07. The van der Waals surface area contributed by atoms with Crippen LogP contribution in [0.3, 0.4) is 0 Å². The average Bonchev–Trinajstić information content (AvgIpc) is 2.51. The number of nitrogens with one attached hydrogen (secondary N) is 1. The lowest BCUT2D eigenvalue weighted by atomic mass is 9.93. The van der Waals surface area contributed by atoms with Gasteiger partial charge in [-0.2, -0.15) is 0 Å². The monoisotopic (exact) mass is 277 g/mol. The van der Waals surface area contributed by atoms with Gasteiger partial charge in [0, 0.05) is 11.3 Å². The minimum atomic E-state index is -0.173. The molecule has 0 bridgehead atoms. The summed E-state index contributed by atoms with van der Waals surface area (Å²) >= 11 is 0. The van der Waals surface area contributed by atoms with Crippen LogP contribution in [-0.2, 0) is 4.74 Å². The molecule has 3 nitrogen and oxygen atoms in total. The first-order chi connectivity index (χ1) is 9.16. The first-order valence-corrected chi connectivity index (χ1v) is 7.27. The quantitative estimate of drug-likeness (QED) is 0.903. The van der Waals surface area contributed by atoms with E-state index in [1.54, 1.807) is 7.11 Å². The predicted molar refractivity (Wildman–Crippen MR) is 83.7 cm³/mol.